The van der Waals surface area contributed by atoms with E-state index in [2.05, 4.69) is 14.7 Å². The van der Waals surface area contributed by atoms with E-state index in [0.29, 0.717) is 22.0 Å². The Hall–Kier alpha value is -1.99. The van der Waals surface area contributed by atoms with Crippen molar-refractivity contribution < 1.29 is 8.42 Å². The lowest BCUT2D eigenvalue weighted by Crippen LogP contribution is -2.13. The summed E-state index contributed by atoms with van der Waals surface area (Å²) in [4.78, 5) is 8.28. The second kappa shape index (κ2) is 6.72. The summed E-state index contributed by atoms with van der Waals surface area (Å²) in [7, 11) is -3.69. The van der Waals surface area contributed by atoms with Crippen molar-refractivity contribution in [2.24, 2.45) is 0 Å². The third-order valence-corrected chi connectivity index (χ3v) is 7.25. The minimum Gasteiger partial charge on any atom is -0.345 e. The van der Waals surface area contributed by atoms with E-state index in [1.54, 1.807) is 30.1 Å². The van der Waals surface area contributed by atoms with Gasteiger partial charge in [-0.3, -0.25) is 4.72 Å². The van der Waals surface area contributed by atoms with Crippen LogP contribution < -0.4 is 4.72 Å². The number of benzene rings is 1. The van der Waals surface area contributed by atoms with Crippen molar-refractivity contribution in [3.05, 3.63) is 48.8 Å². The molecule has 0 saturated heterocycles. The number of aromatic amines is 1. The van der Waals surface area contributed by atoms with Gasteiger partial charge in [-0.15, -0.1) is 11.8 Å². The van der Waals surface area contributed by atoms with Crippen LogP contribution in [-0.4, -0.2) is 23.6 Å². The molecule has 4 rings (SSSR count). The summed E-state index contributed by atoms with van der Waals surface area (Å²) in [6.07, 6.45) is 8.03. The van der Waals surface area contributed by atoms with Crippen molar-refractivity contribution in [1.82, 2.24) is 9.97 Å². The molecule has 3 aromatic rings. The van der Waals surface area contributed by atoms with Gasteiger partial charge in [0.2, 0.25) is 0 Å². The summed E-state index contributed by atoms with van der Waals surface area (Å²) < 4.78 is 28.6. The third kappa shape index (κ3) is 3.39. The zero-order chi connectivity index (χ0) is 17.3. The van der Waals surface area contributed by atoms with Crippen LogP contribution in [0.25, 0.3) is 11.0 Å². The van der Waals surface area contributed by atoms with Crippen LogP contribution in [-0.2, 0) is 10.0 Å². The number of hydrogen-bond donors (Lipinski definition) is 2. The molecule has 1 fully saturated rings. The van der Waals surface area contributed by atoms with Gasteiger partial charge in [-0.2, -0.15) is 0 Å². The van der Waals surface area contributed by atoms with E-state index in [9.17, 15) is 8.42 Å². The van der Waals surface area contributed by atoms with Crippen molar-refractivity contribution in [1.29, 1.82) is 0 Å². The largest absolute Gasteiger partial charge is 0.345 e. The maximum Gasteiger partial charge on any atom is 0.264 e. The van der Waals surface area contributed by atoms with Crippen LogP contribution in [0.15, 0.2) is 58.6 Å². The van der Waals surface area contributed by atoms with Crippen molar-refractivity contribution in [3.8, 4) is 0 Å². The Bertz CT molecular complexity index is 992. The van der Waals surface area contributed by atoms with Crippen molar-refractivity contribution in [3.63, 3.8) is 0 Å². The second-order valence-electron chi connectivity index (χ2n) is 6.18. The Labute approximate surface area is 151 Å². The summed E-state index contributed by atoms with van der Waals surface area (Å²) in [5, 5.41) is 1.17. The van der Waals surface area contributed by atoms with E-state index >= 15 is 0 Å². The highest BCUT2D eigenvalue weighted by Gasteiger charge is 2.22. The fourth-order valence-corrected chi connectivity index (χ4v) is 5.83. The molecule has 25 heavy (non-hydrogen) atoms. The van der Waals surface area contributed by atoms with Gasteiger partial charge in [0.05, 0.1) is 5.69 Å². The fraction of sp³-hybridized carbons (Fsp3) is 0.278. The Kier molecular flexibility index (Phi) is 4.43. The predicted octanol–water partition coefficient (Wildman–Crippen LogP) is 4.40. The number of sulfonamides is 1. The zero-order valence-corrected chi connectivity index (χ0v) is 15.2. The van der Waals surface area contributed by atoms with Crippen molar-refractivity contribution in [2.75, 3.05) is 4.72 Å². The van der Waals surface area contributed by atoms with E-state index in [1.807, 2.05) is 24.3 Å². The SMILES string of the molecule is O=S(=O)(Nc1ccccc1SC1CCCC1)c1c[nH]c2ncccc12. The van der Waals surface area contributed by atoms with Crippen LogP contribution in [0, 0.1) is 0 Å². The van der Waals surface area contributed by atoms with Crippen LogP contribution in [0.5, 0.6) is 0 Å². The molecular weight excluding hydrogens is 354 g/mol. The van der Waals surface area contributed by atoms with Crippen LogP contribution in [0.3, 0.4) is 0 Å². The van der Waals surface area contributed by atoms with Gasteiger partial charge in [0, 0.05) is 27.9 Å². The van der Waals surface area contributed by atoms with E-state index in [0.717, 1.165) is 4.90 Å². The van der Waals surface area contributed by atoms with Gasteiger partial charge in [0.1, 0.15) is 10.5 Å². The summed E-state index contributed by atoms with van der Waals surface area (Å²) in [5.74, 6) is 0. The monoisotopic (exact) mass is 373 g/mol. The molecule has 1 aliphatic rings. The molecule has 0 atom stereocenters. The molecule has 0 amide bonds. The number of fused-ring (bicyclic) bond motifs is 1. The molecule has 0 bridgehead atoms. The average molecular weight is 374 g/mol. The molecule has 1 saturated carbocycles. The fourth-order valence-electron chi connectivity index (χ4n) is 3.19. The highest BCUT2D eigenvalue weighted by molar-refractivity contribution is 8.00. The number of para-hydroxylation sites is 1. The molecule has 1 aromatic carbocycles. The molecule has 5 nitrogen and oxygen atoms in total. The van der Waals surface area contributed by atoms with Gasteiger partial charge in [-0.1, -0.05) is 25.0 Å². The first-order valence-electron chi connectivity index (χ1n) is 8.34. The first kappa shape index (κ1) is 16.5. The summed E-state index contributed by atoms with van der Waals surface area (Å²) in [6.45, 7) is 0. The Morgan fingerprint density at radius 1 is 1.12 bits per heavy atom. The Balaban J connectivity index is 1.65. The number of nitrogens with one attached hydrogen (secondary N) is 2. The van der Waals surface area contributed by atoms with Crippen molar-refractivity contribution in [2.45, 2.75) is 40.7 Å². The highest BCUT2D eigenvalue weighted by atomic mass is 32.2. The molecule has 0 spiro atoms. The van der Waals surface area contributed by atoms with Gasteiger partial charge >= 0.3 is 0 Å². The van der Waals surface area contributed by atoms with Crippen LogP contribution in [0.4, 0.5) is 5.69 Å². The molecular formula is C18H19N3O2S2. The molecule has 2 aromatic heterocycles. The van der Waals surface area contributed by atoms with E-state index in [4.69, 9.17) is 0 Å². The predicted molar refractivity (Wildman–Crippen MR) is 101 cm³/mol. The molecule has 1 aliphatic carbocycles. The standard InChI is InChI=1S/C18H19N3O2S2/c22-25(23,17-12-20-18-14(17)8-5-11-19-18)21-15-9-3-4-10-16(15)24-13-6-1-2-7-13/h3-5,8-13,21H,1-2,6-7H2,(H,19,20). The Morgan fingerprint density at radius 2 is 1.92 bits per heavy atom. The van der Waals surface area contributed by atoms with Gasteiger partial charge in [0.15, 0.2) is 0 Å². The smallest absolute Gasteiger partial charge is 0.264 e. The number of anilines is 1. The van der Waals surface area contributed by atoms with E-state index in [-0.39, 0.29) is 4.90 Å². The highest BCUT2D eigenvalue weighted by Crippen LogP contribution is 2.38. The lowest BCUT2D eigenvalue weighted by Gasteiger charge is -2.14. The van der Waals surface area contributed by atoms with Gasteiger partial charge in [-0.25, -0.2) is 13.4 Å². The maximum absolute atomic E-state index is 12.9. The van der Waals surface area contributed by atoms with Crippen LogP contribution in [0.2, 0.25) is 0 Å². The van der Waals surface area contributed by atoms with Crippen molar-refractivity contribution >= 4 is 38.5 Å². The number of aromatic nitrogens is 2. The quantitative estimate of drug-likeness (QED) is 0.695. The Morgan fingerprint density at radius 3 is 2.76 bits per heavy atom. The van der Waals surface area contributed by atoms with Crippen LogP contribution >= 0.6 is 11.8 Å². The topological polar surface area (TPSA) is 74.8 Å². The molecule has 130 valence electrons. The number of pyridine rings is 1. The number of H-pyrrole nitrogens is 1. The second-order valence-corrected chi connectivity index (χ2v) is 9.17. The summed E-state index contributed by atoms with van der Waals surface area (Å²) >= 11 is 1.77. The third-order valence-electron chi connectivity index (χ3n) is 4.43. The first-order valence-corrected chi connectivity index (χ1v) is 10.7. The van der Waals surface area contributed by atoms with E-state index in [1.165, 1.54) is 31.9 Å². The first-order chi connectivity index (χ1) is 12.1. The lowest BCUT2D eigenvalue weighted by molar-refractivity contribution is 0.602. The van der Waals surface area contributed by atoms with Gasteiger partial charge in [0.25, 0.3) is 10.0 Å². The zero-order valence-electron chi connectivity index (χ0n) is 13.6. The molecule has 0 unspecified atom stereocenters. The minimum atomic E-state index is -3.69. The van der Waals surface area contributed by atoms with Gasteiger partial charge < -0.3 is 4.98 Å². The summed E-state index contributed by atoms with van der Waals surface area (Å²) in [6, 6.07) is 11.1. The molecule has 2 heterocycles. The molecule has 7 heteroatoms. The normalized spacial score (nSPS) is 15.7. The van der Waals surface area contributed by atoms with E-state index < -0.39 is 10.0 Å². The van der Waals surface area contributed by atoms with Crippen LogP contribution in [0.1, 0.15) is 25.7 Å². The maximum atomic E-state index is 12.9. The van der Waals surface area contributed by atoms with Gasteiger partial charge in [-0.05, 0) is 37.1 Å². The summed E-state index contributed by atoms with van der Waals surface area (Å²) in [5.41, 5.74) is 1.20. The number of thioether (sulfide) groups is 1. The molecule has 0 aliphatic heterocycles. The number of nitrogens with zero attached hydrogens (tertiary/aromatic N) is 1. The molecule has 0 radical (unpaired) electrons. The average Bonchev–Trinajstić information content (AvgIpc) is 3.26. The number of hydrogen-bond acceptors (Lipinski definition) is 4. The molecule has 2 N–H and O–H groups in total. The lowest BCUT2D eigenvalue weighted by atomic mass is 10.3. The number of rotatable bonds is 5. The minimum absolute atomic E-state index is 0.219.